The van der Waals surface area contributed by atoms with Crippen LogP contribution in [0.2, 0.25) is 0 Å². The molecule has 2 unspecified atom stereocenters. The Kier molecular flexibility index (Phi) is 4.91. The Hall–Kier alpha value is -0.280. The summed E-state index contributed by atoms with van der Waals surface area (Å²) >= 11 is 6.34. The molecular formula is C14H24ClNO2. The summed E-state index contributed by atoms with van der Waals surface area (Å²) < 4.78 is 5.49. The van der Waals surface area contributed by atoms with Crippen molar-refractivity contribution in [2.24, 2.45) is 0 Å². The number of methoxy groups -OCH3 is 1. The predicted octanol–water partition coefficient (Wildman–Crippen LogP) is 3.00. The molecule has 0 aliphatic heterocycles. The summed E-state index contributed by atoms with van der Waals surface area (Å²) in [5.74, 6) is 0.106. The molecule has 2 aliphatic rings. The average molecular weight is 274 g/mol. The van der Waals surface area contributed by atoms with Crippen molar-refractivity contribution < 1.29 is 9.53 Å². The number of amides is 1. The number of carbonyl (C=O) groups is 1. The molecule has 0 bridgehead atoms. The number of hydrogen-bond donors (Lipinski definition) is 1. The Labute approximate surface area is 115 Å². The molecule has 0 saturated heterocycles. The zero-order valence-corrected chi connectivity index (χ0v) is 12.0. The zero-order chi connectivity index (χ0) is 13.0. The van der Waals surface area contributed by atoms with Crippen molar-refractivity contribution >= 4 is 17.5 Å². The van der Waals surface area contributed by atoms with Crippen LogP contribution in [-0.2, 0) is 9.53 Å². The van der Waals surface area contributed by atoms with Gasteiger partial charge in [0.2, 0.25) is 5.91 Å². The van der Waals surface area contributed by atoms with E-state index in [0.717, 1.165) is 25.7 Å². The second-order valence-electron chi connectivity index (χ2n) is 5.75. The Morgan fingerprint density at radius 2 is 2.00 bits per heavy atom. The lowest BCUT2D eigenvalue weighted by molar-refractivity contribution is -0.135. The monoisotopic (exact) mass is 273 g/mol. The van der Waals surface area contributed by atoms with E-state index >= 15 is 0 Å². The van der Waals surface area contributed by atoms with Gasteiger partial charge < -0.3 is 10.1 Å². The van der Waals surface area contributed by atoms with Crippen LogP contribution in [0.5, 0.6) is 0 Å². The van der Waals surface area contributed by atoms with E-state index in [1.807, 2.05) is 0 Å². The number of carbonyl (C=O) groups excluding carboxylic acids is 1. The first-order chi connectivity index (χ1) is 8.65. The van der Waals surface area contributed by atoms with E-state index in [1.54, 1.807) is 7.11 Å². The van der Waals surface area contributed by atoms with Gasteiger partial charge in [0.15, 0.2) is 0 Å². The van der Waals surface area contributed by atoms with Gasteiger partial charge in [0.25, 0.3) is 0 Å². The average Bonchev–Trinajstić information content (AvgIpc) is 2.50. The van der Waals surface area contributed by atoms with E-state index in [-0.39, 0.29) is 22.9 Å². The molecule has 104 valence electrons. The first-order valence-electron chi connectivity index (χ1n) is 7.14. The highest BCUT2D eigenvalue weighted by Gasteiger charge is 2.39. The van der Waals surface area contributed by atoms with Gasteiger partial charge in [-0.3, -0.25) is 4.79 Å². The summed E-state index contributed by atoms with van der Waals surface area (Å²) in [6.45, 7) is 0. The first kappa shape index (κ1) is 14.1. The van der Waals surface area contributed by atoms with Gasteiger partial charge in [-0.15, -0.1) is 11.6 Å². The van der Waals surface area contributed by atoms with Crippen LogP contribution >= 0.6 is 11.6 Å². The highest BCUT2D eigenvalue weighted by molar-refractivity contribution is 6.21. The molecule has 3 nitrogen and oxygen atoms in total. The molecule has 0 heterocycles. The van der Waals surface area contributed by atoms with Crippen molar-refractivity contribution in [2.75, 3.05) is 7.11 Å². The van der Waals surface area contributed by atoms with E-state index in [4.69, 9.17) is 16.3 Å². The van der Waals surface area contributed by atoms with Crippen LogP contribution in [0.15, 0.2) is 0 Å². The molecule has 0 aromatic rings. The molecule has 0 spiro atoms. The molecular weight excluding hydrogens is 250 g/mol. The van der Waals surface area contributed by atoms with Crippen molar-refractivity contribution in [3.05, 3.63) is 0 Å². The number of rotatable bonds is 4. The molecule has 2 atom stereocenters. The molecule has 2 rings (SSSR count). The van der Waals surface area contributed by atoms with Crippen LogP contribution < -0.4 is 5.32 Å². The summed E-state index contributed by atoms with van der Waals surface area (Å²) in [6, 6.07) is 0.149. The van der Waals surface area contributed by atoms with Crippen LogP contribution in [-0.4, -0.2) is 30.0 Å². The van der Waals surface area contributed by atoms with Crippen LogP contribution in [0.4, 0.5) is 0 Å². The van der Waals surface area contributed by atoms with E-state index in [1.165, 1.54) is 25.7 Å². The molecule has 2 aliphatic carbocycles. The van der Waals surface area contributed by atoms with Crippen LogP contribution in [0, 0.1) is 0 Å². The lowest BCUT2D eigenvalue weighted by atomic mass is 9.77. The van der Waals surface area contributed by atoms with Crippen molar-refractivity contribution in [1.82, 2.24) is 5.32 Å². The SMILES string of the molecule is COC1(CC(=O)NC2CCCCCC2Cl)CCC1. The van der Waals surface area contributed by atoms with E-state index in [2.05, 4.69) is 5.32 Å². The van der Waals surface area contributed by atoms with Gasteiger partial charge in [-0.1, -0.05) is 19.3 Å². The third-order valence-corrected chi connectivity index (χ3v) is 4.98. The van der Waals surface area contributed by atoms with E-state index < -0.39 is 0 Å². The van der Waals surface area contributed by atoms with Gasteiger partial charge in [-0.2, -0.15) is 0 Å². The minimum Gasteiger partial charge on any atom is -0.378 e. The Bertz CT molecular complexity index is 286. The molecule has 4 heteroatoms. The van der Waals surface area contributed by atoms with Crippen molar-refractivity contribution in [1.29, 1.82) is 0 Å². The normalized spacial score (nSPS) is 31.2. The fraction of sp³-hybridized carbons (Fsp3) is 0.929. The number of ether oxygens (including phenoxy) is 1. The Morgan fingerprint density at radius 3 is 2.61 bits per heavy atom. The maximum absolute atomic E-state index is 12.1. The first-order valence-corrected chi connectivity index (χ1v) is 7.57. The van der Waals surface area contributed by atoms with Gasteiger partial charge in [0.05, 0.1) is 17.4 Å². The smallest absolute Gasteiger partial charge is 0.223 e. The maximum Gasteiger partial charge on any atom is 0.223 e. The lowest BCUT2D eigenvalue weighted by Gasteiger charge is -2.40. The van der Waals surface area contributed by atoms with E-state index in [9.17, 15) is 4.79 Å². The quantitative estimate of drug-likeness (QED) is 0.632. The summed E-state index contributed by atoms with van der Waals surface area (Å²) in [5.41, 5.74) is -0.184. The van der Waals surface area contributed by atoms with Crippen molar-refractivity contribution in [3.8, 4) is 0 Å². The molecule has 1 amide bonds. The lowest BCUT2D eigenvalue weighted by Crippen LogP contribution is -2.47. The molecule has 2 fully saturated rings. The molecule has 0 aromatic carbocycles. The van der Waals surface area contributed by atoms with Crippen LogP contribution in [0.25, 0.3) is 0 Å². The van der Waals surface area contributed by atoms with Crippen molar-refractivity contribution in [3.63, 3.8) is 0 Å². The largest absolute Gasteiger partial charge is 0.378 e. The molecule has 0 aromatic heterocycles. The van der Waals surface area contributed by atoms with Gasteiger partial charge in [0, 0.05) is 13.2 Å². The zero-order valence-electron chi connectivity index (χ0n) is 11.2. The second-order valence-corrected chi connectivity index (χ2v) is 6.31. The third-order valence-electron chi connectivity index (χ3n) is 4.46. The van der Waals surface area contributed by atoms with Gasteiger partial charge in [-0.05, 0) is 32.1 Å². The predicted molar refractivity (Wildman–Crippen MR) is 72.9 cm³/mol. The summed E-state index contributed by atoms with van der Waals surface area (Å²) in [5, 5.41) is 3.21. The van der Waals surface area contributed by atoms with Crippen LogP contribution in [0.3, 0.4) is 0 Å². The number of hydrogen-bond acceptors (Lipinski definition) is 2. The number of alkyl halides is 1. The minimum absolute atomic E-state index is 0.0938. The van der Waals surface area contributed by atoms with Gasteiger partial charge in [0.1, 0.15) is 0 Å². The third kappa shape index (κ3) is 3.39. The van der Waals surface area contributed by atoms with Crippen LogP contribution in [0.1, 0.15) is 57.8 Å². The topological polar surface area (TPSA) is 38.3 Å². The van der Waals surface area contributed by atoms with Crippen molar-refractivity contribution in [2.45, 2.75) is 74.8 Å². The fourth-order valence-corrected chi connectivity index (χ4v) is 3.34. The summed E-state index contributed by atoms with van der Waals surface area (Å²) in [6.07, 6.45) is 9.29. The summed E-state index contributed by atoms with van der Waals surface area (Å²) in [7, 11) is 1.71. The van der Waals surface area contributed by atoms with Gasteiger partial charge in [-0.25, -0.2) is 0 Å². The summed E-state index contributed by atoms with van der Waals surface area (Å²) in [4.78, 5) is 12.1. The molecule has 2 saturated carbocycles. The second kappa shape index (κ2) is 6.25. The highest BCUT2D eigenvalue weighted by Crippen LogP contribution is 2.38. The number of nitrogens with one attached hydrogen (secondary N) is 1. The standard InChI is InChI=1S/C14H24ClNO2/c1-18-14(8-5-9-14)10-13(17)16-12-7-4-2-3-6-11(12)15/h11-12H,2-10H2,1H3,(H,16,17). The minimum atomic E-state index is -0.184. The molecule has 18 heavy (non-hydrogen) atoms. The molecule has 0 radical (unpaired) electrons. The highest BCUT2D eigenvalue weighted by atomic mass is 35.5. The Morgan fingerprint density at radius 1 is 1.28 bits per heavy atom. The molecule has 1 N–H and O–H groups in total. The van der Waals surface area contributed by atoms with E-state index in [0.29, 0.717) is 6.42 Å². The van der Waals surface area contributed by atoms with Gasteiger partial charge >= 0.3 is 0 Å². The Balaban J connectivity index is 1.82. The number of halogens is 1. The maximum atomic E-state index is 12.1. The fourth-order valence-electron chi connectivity index (χ4n) is 3.00.